The Hall–Kier alpha value is -13.2. The van der Waals surface area contributed by atoms with Crippen LogP contribution in [0.25, 0.3) is 123 Å². The number of aromatic nitrogens is 4. The number of ether oxygens (including phenoxy) is 2. The molecule has 482 valence electrons. The van der Waals surface area contributed by atoms with E-state index in [-0.39, 0.29) is 5.41 Å². The van der Waals surface area contributed by atoms with Crippen molar-refractivity contribution in [2.75, 3.05) is 0 Å². The maximum absolute atomic E-state index is 7.15. The fourth-order valence-corrected chi connectivity index (χ4v) is 17.7. The van der Waals surface area contributed by atoms with Gasteiger partial charge in [0.1, 0.15) is 23.0 Å². The SMILES string of the molecule is CC1(C)c2ccc(-c3ccc4c(c3)C3(c5cc(-c6ccc(-c7nc(-c8ccccc8)cc(-c8ccccc8)n7)cc6)ccc5O4)c4ccccc4-c4ccccc43)cc2-c2ccc(-c3cc(-c4ccccc4)nc(-c4ccc5c(c4)C4(c6ccccc6O5)c5ccccc5-c5ccccc54)n3)cc21. The van der Waals surface area contributed by atoms with Crippen LogP contribution in [0.1, 0.15) is 69.5 Å². The standard InChI is InChI=1S/C97H62N4O2/c1-95(2)75-48-43-64(52-74(75)73-47-42-67(55-81(73)95)88-58-87(62-26-10-5-11-27-62)100-94(101-88)68-46-51-92-84(56-68)96(80-36-20-21-37-89(80)102-92)76-32-16-12-28-69(76)70-29-13-17-33-77(70)96)66-45-50-91-83(54-66)97(78-34-18-14-30-71(78)72-31-15-19-35-79(72)97)82-53-65(44-49-90(82)103-91)59-38-40-63(41-39-59)93-98-85(60-22-6-3-7-23-60)57-86(99-93)61-24-8-4-9-25-61/h3-58H,1-2H3. The number of para-hydroxylation sites is 1. The van der Waals surface area contributed by atoms with E-state index in [0.29, 0.717) is 11.6 Å². The van der Waals surface area contributed by atoms with Crippen LogP contribution in [-0.2, 0) is 16.2 Å². The number of rotatable bonds is 8. The molecule has 103 heavy (non-hydrogen) atoms. The highest BCUT2D eigenvalue weighted by molar-refractivity contribution is 5.93. The molecule has 6 heteroatoms. The van der Waals surface area contributed by atoms with E-state index in [4.69, 9.17) is 29.4 Å². The Bertz CT molecular complexity index is 6070. The zero-order valence-corrected chi connectivity index (χ0v) is 56.4. The highest BCUT2D eigenvalue weighted by Gasteiger charge is 2.53. The summed E-state index contributed by atoms with van der Waals surface area (Å²) in [6, 6.07) is 123. The molecule has 2 aromatic heterocycles. The summed E-state index contributed by atoms with van der Waals surface area (Å²) in [7, 11) is 0. The summed E-state index contributed by atoms with van der Waals surface area (Å²) < 4.78 is 14.0. The lowest BCUT2D eigenvalue weighted by Crippen LogP contribution is -2.32. The minimum Gasteiger partial charge on any atom is -0.457 e. The summed E-state index contributed by atoms with van der Waals surface area (Å²) >= 11 is 0. The van der Waals surface area contributed by atoms with Crippen LogP contribution in [0.3, 0.4) is 0 Å². The molecule has 14 aromatic carbocycles. The van der Waals surface area contributed by atoms with E-state index in [9.17, 15) is 0 Å². The number of nitrogens with zero attached hydrogens (tertiary/aromatic N) is 4. The Morgan fingerprint density at radius 2 is 0.515 bits per heavy atom. The molecule has 6 nitrogen and oxygen atoms in total. The van der Waals surface area contributed by atoms with Crippen LogP contribution in [0.4, 0.5) is 0 Å². The molecule has 0 saturated carbocycles. The second kappa shape index (κ2) is 22.4. The van der Waals surface area contributed by atoms with Crippen molar-refractivity contribution in [1.82, 2.24) is 19.9 Å². The minimum atomic E-state index is -0.707. The smallest absolute Gasteiger partial charge is 0.160 e. The molecule has 3 aliphatic carbocycles. The van der Waals surface area contributed by atoms with E-state index < -0.39 is 10.8 Å². The quantitative estimate of drug-likeness (QED) is 0.151. The Labute approximate surface area is 597 Å². The van der Waals surface area contributed by atoms with Gasteiger partial charge in [-0.2, -0.15) is 0 Å². The van der Waals surface area contributed by atoms with Gasteiger partial charge in [-0.1, -0.05) is 281 Å². The predicted octanol–water partition coefficient (Wildman–Crippen LogP) is 23.8. The topological polar surface area (TPSA) is 70.0 Å². The van der Waals surface area contributed by atoms with E-state index in [2.05, 4.69) is 341 Å². The molecule has 0 bridgehead atoms. The molecule has 16 aromatic rings. The van der Waals surface area contributed by atoms with Gasteiger partial charge in [-0.3, -0.25) is 0 Å². The maximum Gasteiger partial charge on any atom is 0.160 e. The summed E-state index contributed by atoms with van der Waals surface area (Å²) in [6.07, 6.45) is 0. The highest BCUT2D eigenvalue weighted by Crippen LogP contribution is 2.65. The zero-order valence-electron chi connectivity index (χ0n) is 56.4. The maximum atomic E-state index is 7.15. The Kier molecular flexibility index (Phi) is 12.8. The summed E-state index contributed by atoms with van der Waals surface area (Å²) in [4.78, 5) is 21.3. The average Bonchev–Trinajstić information content (AvgIpc) is 1.56. The van der Waals surface area contributed by atoms with Crippen molar-refractivity contribution in [3.05, 3.63) is 395 Å². The van der Waals surface area contributed by atoms with Gasteiger partial charge in [-0.15, -0.1) is 0 Å². The molecule has 21 rings (SSSR count). The number of fused-ring (bicyclic) bond motifs is 21. The van der Waals surface area contributed by atoms with Crippen molar-refractivity contribution < 1.29 is 9.47 Å². The second-order valence-electron chi connectivity index (χ2n) is 28.3. The Morgan fingerprint density at radius 3 is 1.01 bits per heavy atom. The van der Waals surface area contributed by atoms with Gasteiger partial charge in [0.2, 0.25) is 0 Å². The average molecular weight is 1320 g/mol. The van der Waals surface area contributed by atoms with Crippen molar-refractivity contribution in [3.8, 4) is 146 Å². The summed E-state index contributed by atoms with van der Waals surface area (Å²) in [6.45, 7) is 4.72. The molecule has 0 atom stereocenters. The largest absolute Gasteiger partial charge is 0.457 e. The summed E-state index contributed by atoms with van der Waals surface area (Å²) in [5.41, 5.74) is 31.5. The van der Waals surface area contributed by atoms with Crippen LogP contribution >= 0.6 is 0 Å². The fourth-order valence-electron chi connectivity index (χ4n) is 17.7. The monoisotopic (exact) mass is 1310 g/mol. The third kappa shape index (κ3) is 8.74. The van der Waals surface area contributed by atoms with Crippen LogP contribution in [-0.4, -0.2) is 19.9 Å². The van der Waals surface area contributed by atoms with Gasteiger partial charge in [0.05, 0.1) is 33.6 Å². The molecule has 0 radical (unpaired) electrons. The van der Waals surface area contributed by atoms with Crippen molar-refractivity contribution in [1.29, 1.82) is 0 Å². The second-order valence-corrected chi connectivity index (χ2v) is 28.3. The summed E-state index contributed by atoms with van der Waals surface area (Å²) in [5, 5.41) is 0. The minimum absolute atomic E-state index is 0.325. The van der Waals surface area contributed by atoms with Gasteiger partial charge >= 0.3 is 0 Å². The molecule has 0 amide bonds. The fraction of sp³-hybridized carbons (Fsp3) is 0.0515. The third-order valence-corrected chi connectivity index (χ3v) is 22.5. The van der Waals surface area contributed by atoms with Gasteiger partial charge < -0.3 is 9.47 Å². The van der Waals surface area contributed by atoms with Gasteiger partial charge in [-0.05, 0) is 162 Å². The van der Waals surface area contributed by atoms with E-state index in [0.717, 1.165) is 124 Å². The first-order valence-electron chi connectivity index (χ1n) is 35.4. The molecular weight excluding hydrogens is 1250 g/mol. The molecule has 0 fully saturated rings. The van der Waals surface area contributed by atoms with Crippen LogP contribution < -0.4 is 9.47 Å². The van der Waals surface area contributed by atoms with Gasteiger partial charge in [-0.25, -0.2) is 19.9 Å². The van der Waals surface area contributed by atoms with E-state index in [1.54, 1.807) is 0 Å². The first kappa shape index (κ1) is 58.8. The molecule has 5 aliphatic rings. The van der Waals surface area contributed by atoms with Crippen molar-refractivity contribution in [3.63, 3.8) is 0 Å². The lowest BCUT2D eigenvalue weighted by atomic mass is 9.65. The van der Waals surface area contributed by atoms with Crippen molar-refractivity contribution >= 4 is 0 Å². The van der Waals surface area contributed by atoms with Crippen LogP contribution in [0, 0.1) is 0 Å². The summed E-state index contributed by atoms with van der Waals surface area (Å²) in [5.74, 6) is 4.69. The van der Waals surface area contributed by atoms with Gasteiger partial charge in [0.25, 0.3) is 0 Å². The number of hydrogen-bond donors (Lipinski definition) is 0. The molecule has 0 unspecified atom stereocenters. The lowest BCUT2D eigenvalue weighted by Gasteiger charge is -2.40. The van der Waals surface area contributed by atoms with Crippen LogP contribution in [0.5, 0.6) is 23.0 Å². The first-order chi connectivity index (χ1) is 50.7. The van der Waals surface area contributed by atoms with E-state index in [1.807, 2.05) is 12.1 Å². The van der Waals surface area contributed by atoms with E-state index >= 15 is 0 Å². The molecule has 2 aliphatic heterocycles. The Morgan fingerprint density at radius 1 is 0.194 bits per heavy atom. The van der Waals surface area contributed by atoms with Crippen LogP contribution in [0.15, 0.2) is 340 Å². The molecular formula is C97H62N4O2. The number of benzene rings is 14. The number of hydrogen-bond acceptors (Lipinski definition) is 6. The van der Waals surface area contributed by atoms with Crippen molar-refractivity contribution in [2.24, 2.45) is 0 Å². The lowest BCUT2D eigenvalue weighted by molar-refractivity contribution is 0.436. The molecule has 0 saturated heterocycles. The third-order valence-electron chi connectivity index (χ3n) is 22.5. The van der Waals surface area contributed by atoms with Crippen LogP contribution in [0.2, 0.25) is 0 Å². The normalized spacial score (nSPS) is 14.1. The highest BCUT2D eigenvalue weighted by atomic mass is 16.5. The zero-order chi connectivity index (χ0) is 68.1. The van der Waals surface area contributed by atoms with Gasteiger partial charge in [0.15, 0.2) is 11.6 Å². The molecule has 4 heterocycles. The van der Waals surface area contributed by atoms with Crippen molar-refractivity contribution in [2.45, 2.75) is 30.1 Å². The Balaban J connectivity index is 0.657. The molecule has 2 spiro atoms. The first-order valence-corrected chi connectivity index (χ1v) is 35.4. The predicted molar refractivity (Wildman–Crippen MR) is 413 cm³/mol. The van der Waals surface area contributed by atoms with Gasteiger partial charge in [0, 0.05) is 61.0 Å². The molecule has 0 N–H and O–H groups in total. The van der Waals surface area contributed by atoms with E-state index in [1.165, 1.54) is 66.8 Å².